The molecular formula is C13H14O5. The van der Waals surface area contributed by atoms with E-state index in [2.05, 4.69) is 0 Å². The molecule has 0 aromatic heterocycles. The average Bonchev–Trinajstić information content (AvgIpc) is 2.43. The molecule has 0 radical (unpaired) electrons. The zero-order valence-electron chi connectivity index (χ0n) is 10.4. The standard InChI is InChI=1S/C13H14O5/c1-16-9-6-4-8(5-7-9)13(15)11(14)10(17-2)12(13)18-3/h4-7,15H,1-3H3. The van der Waals surface area contributed by atoms with Crippen molar-refractivity contribution in [3.63, 3.8) is 0 Å². The van der Waals surface area contributed by atoms with Crippen LogP contribution in [0.5, 0.6) is 5.75 Å². The van der Waals surface area contributed by atoms with Gasteiger partial charge < -0.3 is 19.3 Å². The van der Waals surface area contributed by atoms with Crippen LogP contribution < -0.4 is 4.74 Å². The molecule has 96 valence electrons. The summed E-state index contributed by atoms with van der Waals surface area (Å²) in [6, 6.07) is 6.56. The van der Waals surface area contributed by atoms with Crippen molar-refractivity contribution >= 4 is 5.78 Å². The molecular weight excluding hydrogens is 236 g/mol. The lowest BCUT2D eigenvalue weighted by Gasteiger charge is -2.37. The minimum absolute atomic E-state index is 0.0517. The van der Waals surface area contributed by atoms with Gasteiger partial charge in [-0.3, -0.25) is 4.79 Å². The Balaban J connectivity index is 2.43. The predicted octanol–water partition coefficient (Wildman–Crippen LogP) is 0.970. The molecule has 0 saturated heterocycles. The molecule has 5 heteroatoms. The summed E-state index contributed by atoms with van der Waals surface area (Å²) in [7, 11) is 4.29. The van der Waals surface area contributed by atoms with Gasteiger partial charge in [0.05, 0.1) is 21.3 Å². The Morgan fingerprint density at radius 3 is 2.06 bits per heavy atom. The molecule has 1 unspecified atom stereocenters. The maximum atomic E-state index is 11.9. The summed E-state index contributed by atoms with van der Waals surface area (Å²) < 4.78 is 14.9. The summed E-state index contributed by atoms with van der Waals surface area (Å²) in [6.45, 7) is 0. The minimum atomic E-state index is -1.76. The Morgan fingerprint density at radius 2 is 1.61 bits per heavy atom. The third-order valence-electron chi connectivity index (χ3n) is 2.99. The average molecular weight is 250 g/mol. The van der Waals surface area contributed by atoms with Crippen LogP contribution in [-0.2, 0) is 19.9 Å². The van der Waals surface area contributed by atoms with Gasteiger partial charge in [0.1, 0.15) is 5.75 Å². The van der Waals surface area contributed by atoms with E-state index in [1.165, 1.54) is 14.2 Å². The van der Waals surface area contributed by atoms with Gasteiger partial charge in [0, 0.05) is 0 Å². The van der Waals surface area contributed by atoms with Crippen molar-refractivity contribution in [2.24, 2.45) is 0 Å². The van der Waals surface area contributed by atoms with Gasteiger partial charge in [-0.1, -0.05) is 12.1 Å². The van der Waals surface area contributed by atoms with Crippen molar-refractivity contribution in [3.05, 3.63) is 41.3 Å². The fraction of sp³-hybridized carbons (Fsp3) is 0.308. The van der Waals surface area contributed by atoms with Crippen molar-refractivity contribution in [1.82, 2.24) is 0 Å². The summed E-state index contributed by atoms with van der Waals surface area (Å²) >= 11 is 0. The highest BCUT2D eigenvalue weighted by atomic mass is 16.5. The van der Waals surface area contributed by atoms with Gasteiger partial charge in [0.2, 0.25) is 17.1 Å². The van der Waals surface area contributed by atoms with E-state index in [0.29, 0.717) is 11.3 Å². The van der Waals surface area contributed by atoms with E-state index in [-0.39, 0.29) is 11.5 Å². The third kappa shape index (κ3) is 1.48. The smallest absolute Gasteiger partial charge is 0.245 e. The first-order valence-electron chi connectivity index (χ1n) is 5.34. The van der Waals surface area contributed by atoms with Gasteiger partial charge in [-0.05, 0) is 17.7 Å². The van der Waals surface area contributed by atoms with E-state index in [1.807, 2.05) is 0 Å². The van der Waals surface area contributed by atoms with Crippen LogP contribution in [0.25, 0.3) is 0 Å². The lowest BCUT2D eigenvalue weighted by molar-refractivity contribution is -0.146. The Bertz CT molecular complexity index is 503. The lowest BCUT2D eigenvalue weighted by Crippen LogP contribution is -2.49. The molecule has 0 bridgehead atoms. The molecule has 1 aromatic carbocycles. The monoisotopic (exact) mass is 250 g/mol. The van der Waals surface area contributed by atoms with E-state index in [0.717, 1.165) is 0 Å². The number of methoxy groups -OCH3 is 3. The molecule has 0 spiro atoms. The Labute approximate surface area is 105 Å². The highest BCUT2D eigenvalue weighted by molar-refractivity contribution is 6.10. The molecule has 0 aliphatic heterocycles. The van der Waals surface area contributed by atoms with Crippen LogP contribution in [0.15, 0.2) is 35.8 Å². The van der Waals surface area contributed by atoms with E-state index in [1.54, 1.807) is 31.4 Å². The van der Waals surface area contributed by atoms with E-state index in [9.17, 15) is 9.90 Å². The molecule has 1 aliphatic carbocycles. The summed E-state index contributed by atoms with van der Waals surface area (Å²) in [4.78, 5) is 11.9. The van der Waals surface area contributed by atoms with Crippen LogP contribution in [-0.4, -0.2) is 32.2 Å². The molecule has 0 amide bonds. The van der Waals surface area contributed by atoms with Gasteiger partial charge in [-0.2, -0.15) is 0 Å². The van der Waals surface area contributed by atoms with E-state index >= 15 is 0 Å². The van der Waals surface area contributed by atoms with Gasteiger partial charge >= 0.3 is 0 Å². The van der Waals surface area contributed by atoms with Crippen molar-refractivity contribution in [1.29, 1.82) is 0 Å². The van der Waals surface area contributed by atoms with Crippen molar-refractivity contribution < 1.29 is 24.1 Å². The predicted molar refractivity (Wildman–Crippen MR) is 62.9 cm³/mol. The SMILES string of the molecule is COC1=C(OC)C(O)(c2ccc(OC)cc2)C1=O. The van der Waals surface area contributed by atoms with Gasteiger partial charge in [-0.25, -0.2) is 0 Å². The number of Topliss-reactive ketones (excluding diaryl/α,β-unsaturated/α-hetero) is 1. The molecule has 1 N–H and O–H groups in total. The summed E-state index contributed by atoms with van der Waals surface area (Å²) in [5.74, 6) is 0.312. The number of hydrogen-bond donors (Lipinski definition) is 1. The molecule has 5 nitrogen and oxygen atoms in total. The molecule has 0 saturated carbocycles. The molecule has 2 rings (SSSR count). The summed E-state index contributed by atoms with van der Waals surface area (Å²) in [6.07, 6.45) is 0. The highest BCUT2D eigenvalue weighted by Crippen LogP contribution is 2.44. The number of aliphatic hydroxyl groups is 1. The second kappa shape index (κ2) is 4.34. The molecule has 18 heavy (non-hydrogen) atoms. The molecule has 1 aliphatic rings. The molecule has 1 atom stereocenters. The maximum absolute atomic E-state index is 11.9. The van der Waals surface area contributed by atoms with Crippen LogP contribution in [0.4, 0.5) is 0 Å². The summed E-state index contributed by atoms with van der Waals surface area (Å²) in [5.41, 5.74) is -1.34. The number of hydrogen-bond acceptors (Lipinski definition) is 5. The lowest BCUT2D eigenvalue weighted by atomic mass is 9.77. The van der Waals surface area contributed by atoms with Crippen LogP contribution in [0, 0.1) is 0 Å². The Hall–Kier alpha value is -2.01. The Morgan fingerprint density at radius 1 is 1.00 bits per heavy atom. The Kier molecular flexibility index (Phi) is 3.00. The van der Waals surface area contributed by atoms with Crippen LogP contribution in [0.2, 0.25) is 0 Å². The van der Waals surface area contributed by atoms with E-state index < -0.39 is 11.4 Å². The fourth-order valence-electron chi connectivity index (χ4n) is 1.99. The molecule has 0 fully saturated rings. The zero-order valence-corrected chi connectivity index (χ0v) is 10.4. The minimum Gasteiger partial charge on any atom is -0.497 e. The van der Waals surface area contributed by atoms with Crippen molar-refractivity contribution in [2.75, 3.05) is 21.3 Å². The first-order valence-corrected chi connectivity index (χ1v) is 5.34. The third-order valence-corrected chi connectivity index (χ3v) is 2.99. The number of carbonyl (C=O) groups excluding carboxylic acids is 1. The number of carbonyl (C=O) groups is 1. The van der Waals surface area contributed by atoms with E-state index in [4.69, 9.17) is 14.2 Å². The fourth-order valence-corrected chi connectivity index (χ4v) is 1.99. The normalized spacial score (nSPS) is 22.6. The zero-order chi connectivity index (χ0) is 13.3. The van der Waals surface area contributed by atoms with Crippen LogP contribution in [0.3, 0.4) is 0 Å². The summed E-state index contributed by atoms with van der Waals surface area (Å²) in [5, 5.41) is 10.4. The van der Waals surface area contributed by atoms with Crippen molar-refractivity contribution in [2.45, 2.75) is 5.60 Å². The quantitative estimate of drug-likeness (QED) is 0.862. The van der Waals surface area contributed by atoms with Gasteiger partial charge in [0.25, 0.3) is 0 Å². The maximum Gasteiger partial charge on any atom is 0.245 e. The van der Waals surface area contributed by atoms with Crippen molar-refractivity contribution in [3.8, 4) is 5.75 Å². The molecule has 0 heterocycles. The first kappa shape index (κ1) is 12.4. The van der Waals surface area contributed by atoms with Gasteiger partial charge in [0.15, 0.2) is 5.76 Å². The second-order valence-electron chi connectivity index (χ2n) is 3.83. The topological polar surface area (TPSA) is 65.0 Å². The number of benzene rings is 1. The van der Waals surface area contributed by atoms with Crippen LogP contribution in [0.1, 0.15) is 5.56 Å². The largest absolute Gasteiger partial charge is 0.497 e. The number of ether oxygens (including phenoxy) is 3. The van der Waals surface area contributed by atoms with Gasteiger partial charge in [-0.15, -0.1) is 0 Å². The first-order chi connectivity index (χ1) is 8.59. The second-order valence-corrected chi connectivity index (χ2v) is 3.83. The number of ketones is 1. The number of rotatable bonds is 4. The van der Waals surface area contributed by atoms with Crippen LogP contribution >= 0.6 is 0 Å². The highest BCUT2D eigenvalue weighted by Gasteiger charge is 2.57. The molecule has 1 aromatic rings.